The number of ether oxygens (including phenoxy) is 2. The topological polar surface area (TPSA) is 121 Å². The molecule has 2 aliphatic heterocycles. The van der Waals surface area contributed by atoms with Crippen molar-refractivity contribution in [2.45, 2.75) is 18.8 Å². The van der Waals surface area contributed by atoms with Crippen LogP contribution in [0, 0.1) is 10.1 Å². The minimum Gasteiger partial charge on any atom is -0.454 e. The summed E-state index contributed by atoms with van der Waals surface area (Å²) in [4.78, 5) is 25.1. The Hall–Kier alpha value is -3.95. The summed E-state index contributed by atoms with van der Waals surface area (Å²) < 4.78 is 16.6. The first-order chi connectivity index (χ1) is 15.1. The van der Waals surface area contributed by atoms with Crippen molar-refractivity contribution >= 4 is 11.6 Å². The number of nitrogens with zero attached hydrogens (tertiary/aromatic N) is 4. The molecule has 3 heterocycles. The van der Waals surface area contributed by atoms with Gasteiger partial charge in [0.15, 0.2) is 11.5 Å². The molecule has 10 heteroatoms. The zero-order valence-corrected chi connectivity index (χ0v) is 16.4. The number of nitro benzene ring substituents is 1. The first-order valence-corrected chi connectivity index (χ1v) is 9.85. The van der Waals surface area contributed by atoms with E-state index in [1.165, 1.54) is 18.2 Å². The first kappa shape index (κ1) is 19.0. The highest BCUT2D eigenvalue weighted by molar-refractivity contribution is 5.95. The Morgan fingerprint density at radius 3 is 2.87 bits per heavy atom. The summed E-state index contributed by atoms with van der Waals surface area (Å²) in [6.45, 7) is 1.16. The van der Waals surface area contributed by atoms with Crippen molar-refractivity contribution in [3.05, 3.63) is 64.0 Å². The number of aromatic nitrogens is 2. The Balaban J connectivity index is 1.32. The van der Waals surface area contributed by atoms with Crippen molar-refractivity contribution in [2.24, 2.45) is 0 Å². The van der Waals surface area contributed by atoms with Gasteiger partial charge in [-0.15, -0.1) is 10.2 Å². The second-order valence-corrected chi connectivity index (χ2v) is 7.41. The lowest BCUT2D eigenvalue weighted by Gasteiger charge is -2.31. The molecule has 1 saturated heterocycles. The largest absolute Gasteiger partial charge is 0.454 e. The van der Waals surface area contributed by atoms with Crippen LogP contribution in [0.4, 0.5) is 5.69 Å². The minimum atomic E-state index is -0.508. The van der Waals surface area contributed by atoms with Gasteiger partial charge in [0.2, 0.25) is 18.6 Å². The molecule has 0 spiro atoms. The minimum absolute atomic E-state index is 0.105. The average Bonchev–Trinajstić information content (AvgIpc) is 3.48. The number of carbonyl (C=O) groups is 1. The van der Waals surface area contributed by atoms with E-state index in [-0.39, 0.29) is 24.3 Å². The molecular formula is C21H18N4O6. The number of nitro groups is 1. The predicted octanol–water partition coefficient (Wildman–Crippen LogP) is 3.39. The summed E-state index contributed by atoms with van der Waals surface area (Å²) in [5.74, 6) is 1.78. The van der Waals surface area contributed by atoms with E-state index in [1.807, 2.05) is 6.07 Å². The van der Waals surface area contributed by atoms with E-state index in [9.17, 15) is 14.9 Å². The third kappa shape index (κ3) is 3.67. The second kappa shape index (κ2) is 7.71. The summed E-state index contributed by atoms with van der Waals surface area (Å²) in [5.41, 5.74) is 0.912. The molecule has 1 fully saturated rings. The summed E-state index contributed by atoms with van der Waals surface area (Å²) >= 11 is 0. The molecule has 2 aromatic carbocycles. The van der Waals surface area contributed by atoms with Crippen molar-refractivity contribution in [3.63, 3.8) is 0 Å². The van der Waals surface area contributed by atoms with Crippen LogP contribution in [-0.2, 0) is 0 Å². The van der Waals surface area contributed by atoms with E-state index < -0.39 is 4.92 Å². The van der Waals surface area contributed by atoms with Crippen LogP contribution < -0.4 is 9.47 Å². The molecule has 0 N–H and O–H groups in total. The highest BCUT2D eigenvalue weighted by Gasteiger charge is 2.30. The van der Waals surface area contributed by atoms with Crippen LogP contribution >= 0.6 is 0 Å². The summed E-state index contributed by atoms with van der Waals surface area (Å²) in [6, 6.07) is 11.2. The number of benzene rings is 2. The Morgan fingerprint density at radius 1 is 1.13 bits per heavy atom. The number of non-ortho nitro benzene ring substituents is 1. The second-order valence-electron chi connectivity index (χ2n) is 7.41. The molecule has 10 nitrogen and oxygen atoms in total. The normalized spacial score (nSPS) is 17.5. The standard InChI is InChI=1S/C21H18N4O6/c26-21(14-3-1-5-16(9-14)25(27)28)24-8-2-4-15(11-24)20-23-22-19(31-20)13-6-7-17-18(10-13)30-12-29-17/h1,3,5-7,9-10,15H,2,4,8,11-12H2. The fraction of sp³-hybridized carbons (Fsp3) is 0.286. The first-order valence-electron chi connectivity index (χ1n) is 9.85. The highest BCUT2D eigenvalue weighted by atomic mass is 16.7. The van der Waals surface area contributed by atoms with Gasteiger partial charge in [0.1, 0.15) is 0 Å². The molecule has 31 heavy (non-hydrogen) atoms. The lowest BCUT2D eigenvalue weighted by Crippen LogP contribution is -2.39. The lowest BCUT2D eigenvalue weighted by molar-refractivity contribution is -0.384. The monoisotopic (exact) mass is 422 g/mol. The number of hydrogen-bond donors (Lipinski definition) is 0. The number of rotatable bonds is 4. The Bertz CT molecular complexity index is 1160. The van der Waals surface area contributed by atoms with Gasteiger partial charge in [0, 0.05) is 36.3 Å². The molecule has 1 atom stereocenters. The number of likely N-dealkylation sites (tertiary alicyclic amines) is 1. The maximum Gasteiger partial charge on any atom is 0.270 e. The van der Waals surface area contributed by atoms with Crippen molar-refractivity contribution in [1.82, 2.24) is 15.1 Å². The SMILES string of the molecule is O=C(c1cccc([N+](=O)[O-])c1)N1CCCC(c2nnc(-c3ccc4c(c3)OCO4)o2)C1. The third-order valence-corrected chi connectivity index (χ3v) is 5.42. The number of carbonyl (C=O) groups excluding carboxylic acids is 1. The van der Waals surface area contributed by atoms with Gasteiger partial charge in [-0.1, -0.05) is 6.07 Å². The lowest BCUT2D eigenvalue weighted by atomic mass is 9.97. The van der Waals surface area contributed by atoms with Gasteiger partial charge >= 0.3 is 0 Å². The van der Waals surface area contributed by atoms with Crippen LogP contribution in [-0.4, -0.2) is 45.8 Å². The Morgan fingerprint density at radius 2 is 2.00 bits per heavy atom. The number of amides is 1. The zero-order valence-electron chi connectivity index (χ0n) is 16.4. The van der Waals surface area contributed by atoms with Crippen LogP contribution in [0.5, 0.6) is 11.5 Å². The smallest absolute Gasteiger partial charge is 0.270 e. The summed E-state index contributed by atoms with van der Waals surface area (Å²) in [6.07, 6.45) is 1.58. The molecule has 3 aromatic rings. The van der Waals surface area contributed by atoms with Crippen molar-refractivity contribution in [3.8, 4) is 23.0 Å². The molecule has 1 unspecified atom stereocenters. The fourth-order valence-corrected chi connectivity index (χ4v) is 3.84. The average molecular weight is 422 g/mol. The van der Waals surface area contributed by atoms with Gasteiger partial charge in [-0.2, -0.15) is 0 Å². The fourth-order valence-electron chi connectivity index (χ4n) is 3.84. The number of fused-ring (bicyclic) bond motifs is 1. The molecule has 0 aliphatic carbocycles. The van der Waals surface area contributed by atoms with E-state index in [0.717, 1.165) is 18.4 Å². The van der Waals surface area contributed by atoms with E-state index in [4.69, 9.17) is 13.9 Å². The van der Waals surface area contributed by atoms with Crippen molar-refractivity contribution in [2.75, 3.05) is 19.9 Å². The van der Waals surface area contributed by atoms with Gasteiger partial charge < -0.3 is 18.8 Å². The van der Waals surface area contributed by atoms with Crippen LogP contribution in [0.2, 0.25) is 0 Å². The highest BCUT2D eigenvalue weighted by Crippen LogP contribution is 2.36. The van der Waals surface area contributed by atoms with E-state index in [0.29, 0.717) is 41.9 Å². The van der Waals surface area contributed by atoms with Crippen molar-refractivity contribution in [1.29, 1.82) is 0 Å². The van der Waals surface area contributed by atoms with E-state index in [1.54, 1.807) is 23.1 Å². The van der Waals surface area contributed by atoms with Crippen molar-refractivity contribution < 1.29 is 23.6 Å². The molecular weight excluding hydrogens is 404 g/mol. The molecule has 5 rings (SSSR count). The van der Waals surface area contributed by atoms with Crippen LogP contribution in [0.3, 0.4) is 0 Å². The zero-order chi connectivity index (χ0) is 21.4. The molecule has 0 radical (unpaired) electrons. The van der Waals surface area contributed by atoms with Gasteiger partial charge in [0.25, 0.3) is 11.6 Å². The number of piperidine rings is 1. The van der Waals surface area contributed by atoms with Crippen LogP contribution in [0.15, 0.2) is 46.9 Å². The van der Waals surface area contributed by atoms with E-state index in [2.05, 4.69) is 10.2 Å². The third-order valence-electron chi connectivity index (χ3n) is 5.42. The Labute approximate surface area is 176 Å². The van der Waals surface area contributed by atoms with Crippen LogP contribution in [0.1, 0.15) is 35.0 Å². The maximum atomic E-state index is 12.9. The van der Waals surface area contributed by atoms with Crippen LogP contribution in [0.25, 0.3) is 11.5 Å². The molecule has 1 amide bonds. The molecule has 158 valence electrons. The maximum absolute atomic E-state index is 12.9. The molecule has 0 saturated carbocycles. The van der Waals surface area contributed by atoms with Gasteiger partial charge in [-0.25, -0.2) is 0 Å². The summed E-state index contributed by atoms with van der Waals surface area (Å²) in [7, 11) is 0. The van der Waals surface area contributed by atoms with Gasteiger partial charge in [-0.3, -0.25) is 14.9 Å². The molecule has 0 bridgehead atoms. The molecule has 2 aliphatic rings. The number of hydrogen-bond acceptors (Lipinski definition) is 8. The quantitative estimate of drug-likeness (QED) is 0.463. The van der Waals surface area contributed by atoms with Gasteiger partial charge in [-0.05, 0) is 37.1 Å². The van der Waals surface area contributed by atoms with Gasteiger partial charge in [0.05, 0.1) is 10.8 Å². The Kier molecular flexibility index (Phi) is 4.73. The van der Waals surface area contributed by atoms with E-state index >= 15 is 0 Å². The summed E-state index contributed by atoms with van der Waals surface area (Å²) in [5, 5.41) is 19.4. The predicted molar refractivity (Wildman–Crippen MR) is 107 cm³/mol. The molecule has 1 aromatic heterocycles.